The number of hydrogen-bond donors (Lipinski definition) is 1. The molecular weight excluding hydrogens is 174 g/mol. The second-order valence-electron chi connectivity index (χ2n) is 2.89. The molecule has 0 unspecified atom stereocenters. The van der Waals surface area contributed by atoms with Crippen molar-refractivity contribution in [3.8, 4) is 0 Å². The van der Waals surface area contributed by atoms with Gasteiger partial charge in [-0.05, 0) is 20.8 Å². The molecule has 0 radical (unpaired) electrons. The maximum atomic E-state index is 11.2. The van der Waals surface area contributed by atoms with Crippen LogP contribution >= 0.6 is 0 Å². The molecule has 0 aliphatic carbocycles. The van der Waals surface area contributed by atoms with Gasteiger partial charge in [-0.25, -0.2) is 4.79 Å². The minimum absolute atomic E-state index is 0.229. The third-order valence-corrected chi connectivity index (χ3v) is 1.55. The summed E-state index contributed by atoms with van der Waals surface area (Å²) >= 11 is 0. The van der Waals surface area contributed by atoms with E-state index in [-0.39, 0.29) is 6.61 Å². The summed E-state index contributed by atoms with van der Waals surface area (Å²) in [5.74, 6) is -0.520. The Morgan fingerprint density at radius 1 is 1.38 bits per heavy atom. The summed E-state index contributed by atoms with van der Waals surface area (Å²) in [7, 11) is 1.39. The summed E-state index contributed by atoms with van der Waals surface area (Å²) in [4.78, 5) is 22.1. The van der Waals surface area contributed by atoms with Gasteiger partial charge in [0.2, 0.25) is 0 Å². The average molecular weight is 189 g/mol. The Bertz CT molecular complexity index is 200. The quantitative estimate of drug-likeness (QED) is 0.709. The van der Waals surface area contributed by atoms with Crippen molar-refractivity contribution in [3.63, 3.8) is 0 Å². The summed E-state index contributed by atoms with van der Waals surface area (Å²) in [6.07, 6.45) is -0.752. The minimum Gasteiger partial charge on any atom is -0.450 e. The zero-order valence-electron chi connectivity index (χ0n) is 8.34. The largest absolute Gasteiger partial charge is 0.450 e. The number of carbonyl (C=O) groups excluding carboxylic acids is 2. The molecule has 0 atom stereocenters. The van der Waals surface area contributed by atoms with Crippen LogP contribution in [0.15, 0.2) is 0 Å². The first-order chi connectivity index (χ1) is 5.94. The van der Waals surface area contributed by atoms with E-state index < -0.39 is 17.6 Å². The van der Waals surface area contributed by atoms with E-state index in [9.17, 15) is 9.59 Å². The molecule has 0 saturated heterocycles. The number of ether oxygens (including phenoxy) is 2. The van der Waals surface area contributed by atoms with E-state index in [4.69, 9.17) is 4.74 Å². The molecule has 0 aliphatic heterocycles. The lowest BCUT2D eigenvalue weighted by Gasteiger charge is -2.20. The highest BCUT2D eigenvalue weighted by atomic mass is 16.5. The van der Waals surface area contributed by atoms with Crippen molar-refractivity contribution >= 4 is 12.0 Å². The molecule has 0 rings (SSSR count). The predicted molar refractivity (Wildman–Crippen MR) is 46.3 cm³/mol. The fraction of sp³-hybridized carbons (Fsp3) is 0.750. The van der Waals surface area contributed by atoms with E-state index in [0.29, 0.717) is 0 Å². The first-order valence-electron chi connectivity index (χ1n) is 3.97. The van der Waals surface area contributed by atoms with E-state index in [0.717, 1.165) is 0 Å². The monoisotopic (exact) mass is 189 g/mol. The number of nitrogens with one attached hydrogen (secondary N) is 1. The molecule has 1 N–H and O–H groups in total. The highest BCUT2D eigenvalue weighted by Crippen LogP contribution is 2.06. The van der Waals surface area contributed by atoms with Crippen LogP contribution in [0.25, 0.3) is 0 Å². The summed E-state index contributed by atoms with van der Waals surface area (Å²) in [5.41, 5.74) is -1.02. The molecular formula is C8H15NO4. The summed E-state index contributed by atoms with van der Waals surface area (Å²) in [6.45, 7) is 5.00. The lowest BCUT2D eigenvalue weighted by atomic mass is 10.1. The van der Waals surface area contributed by atoms with Crippen molar-refractivity contribution in [2.45, 2.75) is 26.4 Å². The van der Waals surface area contributed by atoms with Crippen molar-refractivity contribution in [1.29, 1.82) is 0 Å². The Kier molecular flexibility index (Phi) is 4.40. The number of rotatable bonds is 3. The molecule has 76 valence electrons. The van der Waals surface area contributed by atoms with Gasteiger partial charge in [0.25, 0.3) is 5.91 Å². The van der Waals surface area contributed by atoms with Crippen molar-refractivity contribution in [2.75, 3.05) is 13.7 Å². The van der Waals surface area contributed by atoms with Crippen LogP contribution in [0.1, 0.15) is 20.8 Å². The second-order valence-corrected chi connectivity index (χ2v) is 2.89. The van der Waals surface area contributed by atoms with Crippen LogP contribution in [0.3, 0.4) is 0 Å². The van der Waals surface area contributed by atoms with Gasteiger partial charge in [0, 0.05) is 7.11 Å². The van der Waals surface area contributed by atoms with Crippen molar-refractivity contribution in [1.82, 2.24) is 5.32 Å². The number of alkyl carbamates (subject to hydrolysis) is 1. The van der Waals surface area contributed by atoms with Crippen molar-refractivity contribution in [2.24, 2.45) is 0 Å². The maximum Gasteiger partial charge on any atom is 0.413 e. The topological polar surface area (TPSA) is 64.6 Å². The molecule has 0 saturated carbocycles. The van der Waals surface area contributed by atoms with Crippen molar-refractivity contribution in [3.05, 3.63) is 0 Å². The van der Waals surface area contributed by atoms with Crippen LogP contribution in [-0.2, 0) is 14.3 Å². The molecule has 5 nitrogen and oxygen atoms in total. The number of amides is 2. The molecule has 0 bridgehead atoms. The van der Waals surface area contributed by atoms with Gasteiger partial charge >= 0.3 is 6.09 Å². The minimum atomic E-state index is -1.02. The van der Waals surface area contributed by atoms with Crippen LogP contribution in [0, 0.1) is 0 Å². The maximum absolute atomic E-state index is 11.2. The highest BCUT2D eigenvalue weighted by molar-refractivity contribution is 5.96. The summed E-state index contributed by atoms with van der Waals surface area (Å²) in [5, 5.41) is 2.05. The lowest BCUT2D eigenvalue weighted by Crippen LogP contribution is -2.46. The number of methoxy groups -OCH3 is 1. The fourth-order valence-corrected chi connectivity index (χ4v) is 0.503. The van der Waals surface area contributed by atoms with Crippen LogP contribution < -0.4 is 5.32 Å². The molecule has 0 aromatic heterocycles. The summed E-state index contributed by atoms with van der Waals surface area (Å²) in [6, 6.07) is 0. The molecule has 13 heavy (non-hydrogen) atoms. The zero-order chi connectivity index (χ0) is 10.5. The lowest BCUT2D eigenvalue weighted by molar-refractivity contribution is -0.138. The van der Waals surface area contributed by atoms with Gasteiger partial charge in [-0.1, -0.05) is 0 Å². The van der Waals surface area contributed by atoms with Crippen LogP contribution in [0.4, 0.5) is 4.79 Å². The van der Waals surface area contributed by atoms with Crippen LogP contribution in [0.2, 0.25) is 0 Å². The fourth-order valence-electron chi connectivity index (χ4n) is 0.503. The third kappa shape index (κ3) is 3.89. The van der Waals surface area contributed by atoms with E-state index in [1.54, 1.807) is 20.8 Å². The smallest absolute Gasteiger partial charge is 0.413 e. The Hall–Kier alpha value is -1.10. The van der Waals surface area contributed by atoms with Gasteiger partial charge < -0.3 is 9.47 Å². The van der Waals surface area contributed by atoms with E-state index >= 15 is 0 Å². The molecule has 0 spiro atoms. The highest BCUT2D eigenvalue weighted by Gasteiger charge is 2.28. The standard InChI is InChI=1S/C8H15NO4/c1-5-13-7(11)9-6(10)8(2,3)12-4/h5H2,1-4H3,(H,9,10,11). The zero-order valence-corrected chi connectivity index (χ0v) is 8.34. The number of carbonyl (C=O) groups is 2. The number of imide groups is 1. The normalized spacial score (nSPS) is 10.8. The second kappa shape index (κ2) is 4.81. The van der Waals surface area contributed by atoms with Crippen molar-refractivity contribution < 1.29 is 19.1 Å². The predicted octanol–water partition coefficient (Wildman–Crippen LogP) is 0.684. The van der Waals surface area contributed by atoms with Gasteiger partial charge in [-0.15, -0.1) is 0 Å². The number of hydrogen-bond acceptors (Lipinski definition) is 4. The first-order valence-corrected chi connectivity index (χ1v) is 3.97. The third-order valence-electron chi connectivity index (χ3n) is 1.55. The summed E-state index contributed by atoms with van der Waals surface area (Å²) < 4.78 is 9.38. The molecule has 0 aromatic carbocycles. The van der Waals surface area contributed by atoms with E-state index in [1.165, 1.54) is 7.11 Å². The van der Waals surface area contributed by atoms with Gasteiger partial charge in [0.1, 0.15) is 5.60 Å². The van der Waals surface area contributed by atoms with Gasteiger partial charge in [-0.2, -0.15) is 0 Å². The average Bonchev–Trinajstić information content (AvgIpc) is 2.04. The molecule has 0 heterocycles. The Morgan fingerprint density at radius 2 is 1.92 bits per heavy atom. The molecule has 0 aliphatic rings. The Morgan fingerprint density at radius 3 is 2.31 bits per heavy atom. The molecule has 0 fully saturated rings. The Balaban J connectivity index is 4.07. The van der Waals surface area contributed by atoms with Gasteiger partial charge in [0.15, 0.2) is 0 Å². The van der Waals surface area contributed by atoms with Crippen LogP contribution in [-0.4, -0.2) is 31.3 Å². The molecule has 0 aromatic rings. The van der Waals surface area contributed by atoms with Crippen LogP contribution in [0.5, 0.6) is 0 Å². The first kappa shape index (κ1) is 11.9. The molecule has 2 amide bonds. The van der Waals surface area contributed by atoms with Gasteiger partial charge in [-0.3, -0.25) is 10.1 Å². The van der Waals surface area contributed by atoms with E-state index in [1.807, 2.05) is 5.32 Å². The Labute approximate surface area is 77.4 Å². The van der Waals surface area contributed by atoms with E-state index in [2.05, 4.69) is 4.74 Å². The van der Waals surface area contributed by atoms with Gasteiger partial charge in [0.05, 0.1) is 6.61 Å². The SMILES string of the molecule is CCOC(=O)NC(=O)C(C)(C)OC. The molecule has 5 heteroatoms.